The van der Waals surface area contributed by atoms with Crippen molar-refractivity contribution in [3.8, 4) is 11.5 Å². The van der Waals surface area contributed by atoms with Gasteiger partial charge in [-0.25, -0.2) is 0 Å². The van der Waals surface area contributed by atoms with E-state index in [0.717, 1.165) is 34.3 Å². The van der Waals surface area contributed by atoms with Crippen LogP contribution in [0, 0.1) is 0 Å². The largest absolute Gasteiger partial charge is 0.547 e. The molecule has 0 amide bonds. The van der Waals surface area contributed by atoms with Gasteiger partial charge in [0, 0.05) is 0 Å². The molecule has 218 valence electrons. The number of ether oxygens (including phenoxy) is 2. The molecule has 9 heteroatoms. The van der Waals surface area contributed by atoms with Crippen LogP contribution in [-0.2, 0) is 9.53 Å². The molecule has 5 atom stereocenters. The fourth-order valence-electron chi connectivity index (χ4n) is 5.19. The summed E-state index contributed by atoms with van der Waals surface area (Å²) in [6, 6.07) is 25.0. The first-order valence-corrected chi connectivity index (χ1v) is 13.6. The molecule has 0 radical (unpaired) electrons. The lowest BCUT2D eigenvalue weighted by Gasteiger charge is -2.47. The molecule has 0 aromatic heterocycles. The van der Waals surface area contributed by atoms with E-state index in [9.17, 15) is 30.3 Å². The number of carbonyl (C=O) groups excluding carboxylic acids is 1. The van der Waals surface area contributed by atoms with Crippen LogP contribution in [0.1, 0.15) is 30.0 Å². The van der Waals surface area contributed by atoms with E-state index in [1.807, 2.05) is 54.6 Å². The average Bonchev–Trinajstić information content (AvgIpc) is 2.96. The molecular weight excluding hydrogens is 526 g/mol. The highest BCUT2D eigenvalue weighted by atomic mass is 16.6. The van der Waals surface area contributed by atoms with E-state index >= 15 is 0 Å². The van der Waals surface area contributed by atoms with Crippen molar-refractivity contribution in [2.75, 3.05) is 27.2 Å². The Hall–Kier alpha value is -3.73. The molecule has 1 fully saturated rings. The molecule has 0 bridgehead atoms. The van der Waals surface area contributed by atoms with Crippen molar-refractivity contribution in [1.29, 1.82) is 0 Å². The molecule has 1 heterocycles. The summed E-state index contributed by atoms with van der Waals surface area (Å²) in [6.07, 6.45) is -7.07. The number of quaternary nitrogens is 1. The zero-order chi connectivity index (χ0) is 29.7. The Morgan fingerprint density at radius 2 is 1.44 bits per heavy atom. The highest BCUT2D eigenvalue weighted by Gasteiger charge is 2.50. The normalized spacial score (nSPS) is 23.5. The maximum atomic E-state index is 11.4. The van der Waals surface area contributed by atoms with Crippen LogP contribution < -0.4 is 9.84 Å². The Bertz CT molecular complexity index is 1340. The molecule has 0 saturated carbocycles. The van der Waals surface area contributed by atoms with Crippen molar-refractivity contribution in [3.05, 3.63) is 95.6 Å². The predicted molar refractivity (Wildman–Crippen MR) is 151 cm³/mol. The number of aromatic hydroxyl groups is 1. The van der Waals surface area contributed by atoms with E-state index in [0.29, 0.717) is 12.3 Å². The monoisotopic (exact) mass is 563 g/mol. The summed E-state index contributed by atoms with van der Waals surface area (Å²) < 4.78 is 11.4. The minimum absolute atomic E-state index is 0.0303. The van der Waals surface area contributed by atoms with Crippen LogP contribution in [0.25, 0.3) is 11.1 Å². The second-order valence-corrected chi connectivity index (χ2v) is 10.7. The van der Waals surface area contributed by atoms with Gasteiger partial charge in [-0.15, -0.1) is 0 Å². The summed E-state index contributed by atoms with van der Waals surface area (Å²) in [5, 5.41) is 51.8. The van der Waals surface area contributed by atoms with E-state index in [-0.39, 0.29) is 16.8 Å². The maximum absolute atomic E-state index is 11.4. The minimum atomic E-state index is -1.79. The number of carboxylic acid groups (broad SMARTS) is 1. The number of carboxylic acids is 1. The minimum Gasteiger partial charge on any atom is -0.547 e. The van der Waals surface area contributed by atoms with E-state index in [2.05, 4.69) is 19.1 Å². The summed E-state index contributed by atoms with van der Waals surface area (Å²) in [7, 11) is 3.42. The van der Waals surface area contributed by atoms with Gasteiger partial charge in [-0.2, -0.15) is 0 Å². The maximum Gasteiger partial charge on any atom is 0.222 e. The smallest absolute Gasteiger partial charge is 0.222 e. The van der Waals surface area contributed by atoms with Crippen LogP contribution in [-0.4, -0.2) is 88.8 Å². The molecule has 0 aliphatic carbocycles. The van der Waals surface area contributed by atoms with E-state index in [4.69, 9.17) is 9.47 Å². The summed E-state index contributed by atoms with van der Waals surface area (Å²) in [5.41, 5.74) is 5.29. The highest BCUT2D eigenvalue weighted by molar-refractivity contribution is 5.98. The summed E-state index contributed by atoms with van der Waals surface area (Å²) in [4.78, 5) is 11.4. The lowest BCUT2D eigenvalue weighted by atomic mass is 9.88. The highest BCUT2D eigenvalue weighted by Crippen LogP contribution is 2.35. The van der Waals surface area contributed by atoms with Gasteiger partial charge in [0.05, 0.1) is 20.1 Å². The van der Waals surface area contributed by atoms with E-state index in [1.54, 1.807) is 26.2 Å². The van der Waals surface area contributed by atoms with Crippen molar-refractivity contribution in [2.24, 2.45) is 0 Å². The molecular formula is C32H37NO8. The number of rotatable bonds is 10. The number of phenols is 1. The zero-order valence-electron chi connectivity index (χ0n) is 23.4. The third kappa shape index (κ3) is 6.78. The number of aliphatic carboxylic acids is 1. The van der Waals surface area contributed by atoms with E-state index in [1.165, 1.54) is 0 Å². The number of hydrogen-bond donors (Lipinski definition) is 4. The Labute approximate surface area is 239 Å². The van der Waals surface area contributed by atoms with Crippen LogP contribution >= 0.6 is 0 Å². The molecule has 1 saturated heterocycles. The number of hydrogen-bond acceptors (Lipinski definition) is 8. The topological polar surface area (TPSA) is 140 Å². The molecule has 0 spiro atoms. The summed E-state index contributed by atoms with van der Waals surface area (Å²) in [5.74, 6) is -0.850. The van der Waals surface area contributed by atoms with Gasteiger partial charge in [0.15, 0.2) is 6.10 Å². The van der Waals surface area contributed by atoms with Gasteiger partial charge < -0.3 is 39.8 Å². The number of aliphatic hydroxyl groups is 3. The number of carbonyl (C=O) groups is 1. The fraction of sp³-hybridized carbons (Fsp3) is 0.344. The predicted octanol–water partition coefficient (Wildman–Crippen LogP) is 1.77. The molecule has 9 nitrogen and oxygen atoms in total. The summed E-state index contributed by atoms with van der Waals surface area (Å²) in [6.45, 7) is 2.62. The Morgan fingerprint density at radius 1 is 0.854 bits per heavy atom. The molecule has 3 aromatic carbocycles. The third-order valence-corrected chi connectivity index (χ3v) is 7.52. The number of benzene rings is 3. The van der Waals surface area contributed by atoms with Crippen molar-refractivity contribution in [2.45, 2.75) is 44.0 Å². The van der Waals surface area contributed by atoms with Gasteiger partial charge >= 0.3 is 0 Å². The molecule has 1 aliphatic heterocycles. The van der Waals surface area contributed by atoms with Crippen molar-refractivity contribution < 1.29 is 44.3 Å². The lowest BCUT2D eigenvalue weighted by molar-refractivity contribution is -0.944. The van der Waals surface area contributed by atoms with Crippen LogP contribution in [0.5, 0.6) is 11.5 Å². The van der Waals surface area contributed by atoms with Crippen LogP contribution in [0.2, 0.25) is 0 Å². The molecule has 41 heavy (non-hydrogen) atoms. The zero-order valence-corrected chi connectivity index (χ0v) is 23.4. The number of phenolic OH excluding ortho intramolecular Hbond substituents is 1. The standard InChI is InChI=1S/C32H37NO8/c1-4-25(20-8-6-5-7-9-20)26(21-10-14-23(34)15-11-21)22-12-16-24(17-13-22)40-19-18-33(2,3)31-29(37)27(35)28(36)30(41-31)32(38)39/h5-17,27-31,35-37H,4,18-19H2,1-3H3,(H-,34,38,39)/b26-25-/t27-,28-,29+,30-,31+/m0/s1. The molecule has 0 unspecified atom stereocenters. The average molecular weight is 564 g/mol. The quantitative estimate of drug-likeness (QED) is 0.216. The van der Waals surface area contributed by atoms with Gasteiger partial charge in [-0.1, -0.05) is 61.5 Å². The first kappa shape index (κ1) is 30.2. The van der Waals surface area contributed by atoms with Crippen LogP contribution in [0.15, 0.2) is 78.9 Å². The Balaban J connectivity index is 1.51. The Kier molecular flexibility index (Phi) is 9.47. The van der Waals surface area contributed by atoms with Crippen LogP contribution in [0.3, 0.4) is 0 Å². The van der Waals surface area contributed by atoms with E-state index < -0.39 is 36.6 Å². The second-order valence-electron chi connectivity index (χ2n) is 10.7. The summed E-state index contributed by atoms with van der Waals surface area (Å²) >= 11 is 0. The van der Waals surface area contributed by atoms with Gasteiger partial charge in [-0.05, 0) is 58.5 Å². The molecule has 3 aromatic rings. The lowest BCUT2D eigenvalue weighted by Crippen LogP contribution is -2.69. The van der Waals surface area contributed by atoms with Gasteiger partial charge in [0.2, 0.25) is 6.23 Å². The van der Waals surface area contributed by atoms with Gasteiger partial charge in [-0.3, -0.25) is 4.48 Å². The van der Waals surface area contributed by atoms with Crippen LogP contribution in [0.4, 0.5) is 0 Å². The van der Waals surface area contributed by atoms with Gasteiger partial charge in [0.1, 0.15) is 43.0 Å². The van der Waals surface area contributed by atoms with Crippen molar-refractivity contribution in [1.82, 2.24) is 0 Å². The SMILES string of the molecule is CC/C(=C(\c1ccc(O)cc1)c1ccc(OCC[N+](C)(C)[C@@H]2O[C@H](C(=O)[O-])[C@@H](O)[C@H](O)[C@H]2O)cc1)c1ccccc1. The number of nitrogens with zero attached hydrogens (tertiary/aromatic N) is 1. The third-order valence-electron chi connectivity index (χ3n) is 7.52. The molecule has 4 N–H and O–H groups in total. The fourth-order valence-corrected chi connectivity index (χ4v) is 5.19. The van der Waals surface area contributed by atoms with Crippen molar-refractivity contribution in [3.63, 3.8) is 0 Å². The Morgan fingerprint density at radius 3 is 2.00 bits per heavy atom. The first-order chi connectivity index (χ1) is 19.5. The van der Waals surface area contributed by atoms with Crippen molar-refractivity contribution >= 4 is 17.1 Å². The molecule has 4 rings (SSSR count). The second kappa shape index (κ2) is 12.8. The first-order valence-electron chi connectivity index (χ1n) is 13.6. The van der Waals surface area contributed by atoms with Gasteiger partial charge in [0.25, 0.3) is 0 Å². The number of allylic oxidation sites excluding steroid dienone is 1. The number of aliphatic hydroxyl groups excluding tert-OH is 3. The number of likely N-dealkylation sites (N-methyl/N-ethyl adjacent to an activating group) is 1. The molecule has 1 aliphatic rings.